The number of carbonyl (C=O) groups is 1. The van der Waals surface area contributed by atoms with Gasteiger partial charge in [-0.1, -0.05) is 0 Å². The van der Waals surface area contributed by atoms with Gasteiger partial charge in [0.2, 0.25) is 0 Å². The van der Waals surface area contributed by atoms with Gasteiger partial charge in [0, 0.05) is 0 Å². The van der Waals surface area contributed by atoms with E-state index in [-0.39, 0.29) is 33.6 Å². The van der Waals surface area contributed by atoms with E-state index < -0.39 is 5.97 Å². The van der Waals surface area contributed by atoms with Gasteiger partial charge in [-0.25, -0.2) is 4.39 Å². The molecule has 4 heteroatoms. The molecular weight excluding hydrogens is 291 g/mol. The zero-order valence-corrected chi connectivity index (χ0v) is 7.92. The van der Waals surface area contributed by atoms with Crippen LogP contribution in [0.2, 0.25) is 0 Å². The fourth-order valence-electron chi connectivity index (χ4n) is 0.0514. The number of hydrogen-bond acceptors (Lipinski definition) is 2. The second-order valence-electron chi connectivity index (χ2n) is 0.612. The van der Waals surface area contributed by atoms with Crippen LogP contribution in [0.4, 0.5) is 4.39 Å². The van der Waals surface area contributed by atoms with Crippen LogP contribution in [0.1, 0.15) is 0 Å². The van der Waals surface area contributed by atoms with Crippen LogP contribution in [0, 0.1) is 0 Å². The van der Waals surface area contributed by atoms with Crippen molar-refractivity contribution < 1.29 is 14.3 Å². The summed E-state index contributed by atoms with van der Waals surface area (Å²) in [7, 11) is 0. The number of rotatable bonds is 1. The first-order valence-corrected chi connectivity index (χ1v) is 1.25. The minimum absolute atomic E-state index is 0. The fourth-order valence-corrected chi connectivity index (χ4v) is 0.0514. The Bertz CT molecular complexity index is 81.0. The van der Waals surface area contributed by atoms with Crippen molar-refractivity contribution in [2.24, 2.45) is 0 Å². The van der Waals surface area contributed by atoms with Crippen molar-refractivity contribution in [3.63, 3.8) is 0 Å². The number of carboxylic acid groups (broad SMARTS) is 1. The number of hydrogen-bond donors (Lipinski definition) is 0. The first-order chi connectivity index (χ1) is 2.77. The van der Waals surface area contributed by atoms with Crippen LogP contribution in [-0.4, -0.2) is 33.3 Å². The first-order valence-electron chi connectivity index (χ1n) is 1.25. The molecule has 0 saturated carbocycles. The summed E-state index contributed by atoms with van der Waals surface area (Å²) in [6.45, 7) is 0. The Morgan fingerprint density at radius 3 is 2.14 bits per heavy atom. The minimum atomic E-state index is -1.52. The molecule has 0 aliphatic carbocycles. The van der Waals surface area contributed by atoms with E-state index in [0.29, 0.717) is 6.08 Å². The van der Waals surface area contributed by atoms with Crippen molar-refractivity contribution in [1.82, 2.24) is 0 Å². The number of carbonyl (C=O) groups excluding carboxylic acids is 1. The molecule has 0 aromatic carbocycles. The summed E-state index contributed by atoms with van der Waals surface area (Å²) >= 11 is 0. The van der Waals surface area contributed by atoms with Crippen LogP contribution >= 0.6 is 0 Å². The molecule has 0 saturated heterocycles. The Balaban J connectivity index is 0. The van der Waals surface area contributed by atoms with E-state index in [4.69, 9.17) is 9.90 Å². The molecule has 0 radical (unpaired) electrons. The van der Waals surface area contributed by atoms with E-state index >= 15 is 0 Å². The molecular formula is C3H2FO2Tl. The summed E-state index contributed by atoms with van der Waals surface area (Å²) in [5.74, 6) is -1.52. The number of carboxylic acids is 1. The van der Waals surface area contributed by atoms with Gasteiger partial charge in [-0.3, -0.25) is 0 Å². The van der Waals surface area contributed by atoms with Crippen molar-refractivity contribution in [3.05, 3.63) is 12.4 Å². The molecule has 7 heavy (non-hydrogen) atoms. The topological polar surface area (TPSA) is 40.1 Å². The molecule has 0 aliphatic rings. The molecule has 36 valence electrons. The molecule has 0 amide bonds. The van der Waals surface area contributed by atoms with Crippen LogP contribution < -0.4 is 5.11 Å². The third-order valence-corrected chi connectivity index (χ3v) is 0.199. The molecule has 0 aromatic heterocycles. The van der Waals surface area contributed by atoms with E-state index in [2.05, 4.69) is 0 Å². The largest absolute Gasteiger partial charge is 1.00 e. The van der Waals surface area contributed by atoms with Crippen LogP contribution in [0.25, 0.3) is 0 Å². The summed E-state index contributed by atoms with van der Waals surface area (Å²) in [6, 6.07) is 0. The third kappa shape index (κ3) is 10.7. The van der Waals surface area contributed by atoms with Gasteiger partial charge in [0.15, 0.2) is 0 Å². The fraction of sp³-hybridized carbons (Fsp3) is 0. The Morgan fingerprint density at radius 2 is 2.14 bits per heavy atom. The Kier molecular flexibility index (Phi) is 8.77. The molecule has 0 heterocycles. The van der Waals surface area contributed by atoms with Gasteiger partial charge in [-0.05, 0) is 6.08 Å². The normalized spacial score (nSPS) is 8.14. The van der Waals surface area contributed by atoms with Gasteiger partial charge in [0.25, 0.3) is 0 Å². The van der Waals surface area contributed by atoms with Crippen molar-refractivity contribution in [2.75, 3.05) is 0 Å². The van der Waals surface area contributed by atoms with E-state index in [0.717, 1.165) is 0 Å². The molecule has 0 unspecified atom stereocenters. The van der Waals surface area contributed by atoms with Crippen LogP contribution in [0.3, 0.4) is 0 Å². The zero-order chi connectivity index (χ0) is 4.99. The molecule has 0 aliphatic heterocycles. The Hall–Kier alpha value is 0.0621. The predicted octanol–water partition coefficient (Wildman–Crippen LogP) is -1.16. The van der Waals surface area contributed by atoms with Crippen LogP contribution in [0.5, 0.6) is 0 Å². The number of aliphatic carboxylic acids is 1. The molecule has 0 N–H and O–H groups in total. The molecule has 0 spiro atoms. The van der Waals surface area contributed by atoms with Crippen molar-refractivity contribution in [1.29, 1.82) is 0 Å². The van der Waals surface area contributed by atoms with Crippen molar-refractivity contribution >= 4 is 33.3 Å². The molecule has 0 aromatic rings. The van der Waals surface area contributed by atoms with Gasteiger partial charge in [0.05, 0.1) is 12.3 Å². The summed E-state index contributed by atoms with van der Waals surface area (Å²) < 4.78 is 10.6. The van der Waals surface area contributed by atoms with Crippen molar-refractivity contribution in [2.45, 2.75) is 0 Å². The summed E-state index contributed by atoms with van der Waals surface area (Å²) in [5.41, 5.74) is 0. The van der Waals surface area contributed by atoms with Gasteiger partial charge >= 0.3 is 27.3 Å². The average molecular weight is 293 g/mol. The van der Waals surface area contributed by atoms with Gasteiger partial charge in [-0.2, -0.15) is 0 Å². The quantitative estimate of drug-likeness (QED) is 0.452. The van der Waals surface area contributed by atoms with E-state index in [1.807, 2.05) is 0 Å². The average Bonchev–Trinajstić information content (AvgIpc) is 1.35. The van der Waals surface area contributed by atoms with Gasteiger partial charge < -0.3 is 9.90 Å². The summed E-state index contributed by atoms with van der Waals surface area (Å²) in [6.07, 6.45) is 0.218. The second-order valence-corrected chi connectivity index (χ2v) is 0.612. The SMILES string of the molecule is O=C([O-])/C=C/F.[Tl+]. The first kappa shape index (κ1) is 10.1. The van der Waals surface area contributed by atoms with E-state index in [9.17, 15) is 4.39 Å². The number of halogens is 1. The second kappa shape index (κ2) is 6.06. The molecule has 0 atom stereocenters. The monoisotopic (exact) mass is 294 g/mol. The standard InChI is InChI=1S/C3H3FO2.Tl/c4-2-1-3(5)6;/h1-2H,(H,5,6);/q;+1/p-1/b2-1+;. The maximum absolute atomic E-state index is 10.6. The Labute approximate surface area is 60.2 Å². The van der Waals surface area contributed by atoms with Gasteiger partial charge in [0.1, 0.15) is 0 Å². The summed E-state index contributed by atoms with van der Waals surface area (Å²) in [5, 5.41) is 9.16. The maximum Gasteiger partial charge on any atom is 1.00 e. The minimum Gasteiger partial charge on any atom is -0.545 e. The third-order valence-electron chi connectivity index (χ3n) is 0.199. The van der Waals surface area contributed by atoms with E-state index in [1.54, 1.807) is 0 Å². The molecule has 0 fully saturated rings. The van der Waals surface area contributed by atoms with E-state index in [1.165, 1.54) is 0 Å². The van der Waals surface area contributed by atoms with Crippen LogP contribution in [-0.2, 0) is 4.79 Å². The van der Waals surface area contributed by atoms with Gasteiger partial charge in [-0.15, -0.1) is 0 Å². The smallest absolute Gasteiger partial charge is 0.545 e. The summed E-state index contributed by atoms with van der Waals surface area (Å²) in [4.78, 5) is 9.16. The molecule has 0 bridgehead atoms. The molecule has 0 rings (SSSR count). The predicted molar refractivity (Wildman–Crippen MR) is 21.0 cm³/mol. The maximum atomic E-state index is 10.6. The Morgan fingerprint density at radius 1 is 1.71 bits per heavy atom. The van der Waals surface area contributed by atoms with Crippen LogP contribution in [0.15, 0.2) is 12.4 Å². The molecule has 2 nitrogen and oxygen atoms in total. The zero-order valence-electron chi connectivity index (χ0n) is 3.43. The van der Waals surface area contributed by atoms with Crippen molar-refractivity contribution in [3.8, 4) is 0 Å².